The summed E-state index contributed by atoms with van der Waals surface area (Å²) in [5, 5.41) is 6.65. The van der Waals surface area contributed by atoms with E-state index in [1.54, 1.807) is 13.3 Å². The van der Waals surface area contributed by atoms with E-state index in [9.17, 15) is 0 Å². The molecule has 0 radical (unpaired) electrons. The summed E-state index contributed by atoms with van der Waals surface area (Å²) in [4.78, 5) is 11.3. The number of piperidine rings is 1. The van der Waals surface area contributed by atoms with E-state index >= 15 is 0 Å². The zero-order valence-corrected chi connectivity index (χ0v) is 14.9. The molecule has 0 unspecified atom stereocenters. The molecule has 2 heterocycles. The number of guanidine groups is 1. The van der Waals surface area contributed by atoms with Gasteiger partial charge >= 0.3 is 0 Å². The van der Waals surface area contributed by atoms with E-state index in [0.717, 1.165) is 30.3 Å². The molecule has 25 heavy (non-hydrogen) atoms. The van der Waals surface area contributed by atoms with E-state index in [1.165, 1.54) is 32.4 Å². The van der Waals surface area contributed by atoms with E-state index < -0.39 is 0 Å². The van der Waals surface area contributed by atoms with Gasteiger partial charge in [-0.2, -0.15) is 0 Å². The lowest BCUT2D eigenvalue weighted by molar-refractivity contribution is 0.232. The molecule has 0 aliphatic carbocycles. The molecule has 1 aromatic carbocycles. The monoisotopic (exact) mass is 341 g/mol. The maximum absolute atomic E-state index is 5.56. The molecule has 0 spiro atoms. The molecule has 6 nitrogen and oxygen atoms in total. The van der Waals surface area contributed by atoms with Gasteiger partial charge in [0.25, 0.3) is 0 Å². The summed E-state index contributed by atoms with van der Waals surface area (Å²) in [6.45, 7) is 4.97. The van der Waals surface area contributed by atoms with Crippen molar-refractivity contribution in [1.82, 2.24) is 20.5 Å². The maximum atomic E-state index is 5.56. The molecule has 2 aromatic rings. The van der Waals surface area contributed by atoms with Gasteiger partial charge < -0.3 is 20.0 Å². The summed E-state index contributed by atoms with van der Waals surface area (Å²) in [5.74, 6) is 1.44. The second-order valence-electron chi connectivity index (χ2n) is 6.26. The standard InChI is InChI=1S/C19H27N5O/c1-20-19(21-10-13-24-11-6-3-7-12-24)22-14-17-15-25-18(23-17)16-8-4-2-5-9-16/h2,4-5,8-9,15H,3,6-7,10-14H2,1H3,(H2,20,21,22). The fourth-order valence-corrected chi connectivity index (χ4v) is 3.01. The smallest absolute Gasteiger partial charge is 0.226 e. The van der Waals surface area contributed by atoms with Crippen LogP contribution in [0.25, 0.3) is 11.5 Å². The van der Waals surface area contributed by atoms with Crippen molar-refractivity contribution in [2.75, 3.05) is 33.2 Å². The minimum absolute atomic E-state index is 0.583. The fraction of sp³-hybridized carbons (Fsp3) is 0.474. The van der Waals surface area contributed by atoms with Crippen molar-refractivity contribution in [2.24, 2.45) is 4.99 Å². The fourth-order valence-electron chi connectivity index (χ4n) is 3.01. The van der Waals surface area contributed by atoms with E-state index in [-0.39, 0.29) is 0 Å². The Balaban J connectivity index is 1.43. The molecular formula is C19H27N5O. The predicted molar refractivity (Wildman–Crippen MR) is 100 cm³/mol. The summed E-state index contributed by atoms with van der Waals surface area (Å²) in [7, 11) is 1.79. The van der Waals surface area contributed by atoms with Crippen LogP contribution >= 0.6 is 0 Å². The van der Waals surface area contributed by atoms with E-state index in [4.69, 9.17) is 4.42 Å². The highest BCUT2D eigenvalue weighted by atomic mass is 16.3. The first-order valence-electron chi connectivity index (χ1n) is 9.02. The van der Waals surface area contributed by atoms with Crippen LogP contribution in [0.4, 0.5) is 0 Å². The highest BCUT2D eigenvalue weighted by molar-refractivity contribution is 5.79. The van der Waals surface area contributed by atoms with E-state index in [2.05, 4.69) is 25.5 Å². The van der Waals surface area contributed by atoms with Crippen molar-refractivity contribution in [3.8, 4) is 11.5 Å². The van der Waals surface area contributed by atoms with Gasteiger partial charge in [-0.1, -0.05) is 24.6 Å². The predicted octanol–water partition coefficient (Wildman–Crippen LogP) is 2.49. The molecule has 134 valence electrons. The van der Waals surface area contributed by atoms with Crippen LogP contribution in [0.2, 0.25) is 0 Å². The number of nitrogens with zero attached hydrogens (tertiary/aromatic N) is 3. The average Bonchev–Trinajstić information content (AvgIpc) is 3.15. The quantitative estimate of drug-likeness (QED) is 0.624. The van der Waals surface area contributed by atoms with Crippen LogP contribution in [0.5, 0.6) is 0 Å². The Morgan fingerprint density at radius 3 is 2.72 bits per heavy atom. The van der Waals surface area contributed by atoms with Gasteiger partial charge in [-0.25, -0.2) is 4.98 Å². The molecule has 2 N–H and O–H groups in total. The van der Waals surface area contributed by atoms with Crippen LogP contribution in [0, 0.1) is 0 Å². The average molecular weight is 341 g/mol. The van der Waals surface area contributed by atoms with Gasteiger partial charge in [0.2, 0.25) is 5.89 Å². The van der Waals surface area contributed by atoms with Crippen LogP contribution in [0.15, 0.2) is 46.0 Å². The van der Waals surface area contributed by atoms with Gasteiger partial charge in [0.1, 0.15) is 6.26 Å². The Kier molecular flexibility index (Phi) is 6.45. The van der Waals surface area contributed by atoms with Crippen molar-refractivity contribution in [3.05, 3.63) is 42.3 Å². The van der Waals surface area contributed by atoms with E-state index in [0.29, 0.717) is 12.4 Å². The largest absolute Gasteiger partial charge is 0.444 e. The maximum Gasteiger partial charge on any atom is 0.226 e. The number of likely N-dealkylation sites (tertiary alicyclic amines) is 1. The molecule has 0 saturated carbocycles. The SMILES string of the molecule is CN=C(NCCN1CCCCC1)NCc1coc(-c2ccccc2)n1. The Morgan fingerprint density at radius 2 is 1.96 bits per heavy atom. The molecule has 0 atom stereocenters. The van der Waals surface area contributed by atoms with Crippen molar-refractivity contribution in [1.29, 1.82) is 0 Å². The first kappa shape index (κ1) is 17.5. The summed E-state index contributed by atoms with van der Waals surface area (Å²) in [6, 6.07) is 9.92. The molecule has 1 saturated heterocycles. The molecule has 1 aliphatic heterocycles. The minimum atomic E-state index is 0.583. The van der Waals surface area contributed by atoms with Gasteiger partial charge in [0.15, 0.2) is 5.96 Å². The van der Waals surface area contributed by atoms with Crippen LogP contribution in [0.1, 0.15) is 25.0 Å². The molecule has 0 amide bonds. The van der Waals surface area contributed by atoms with Gasteiger partial charge in [-0.05, 0) is 38.1 Å². The Labute approximate surface area is 149 Å². The van der Waals surface area contributed by atoms with Crippen LogP contribution in [-0.2, 0) is 6.54 Å². The normalized spacial score (nSPS) is 16.0. The lowest BCUT2D eigenvalue weighted by Gasteiger charge is -2.26. The minimum Gasteiger partial charge on any atom is -0.444 e. The molecule has 1 aromatic heterocycles. The van der Waals surface area contributed by atoms with Crippen LogP contribution in [-0.4, -0.2) is 49.1 Å². The summed E-state index contributed by atoms with van der Waals surface area (Å²) >= 11 is 0. The zero-order valence-electron chi connectivity index (χ0n) is 14.9. The second-order valence-corrected chi connectivity index (χ2v) is 6.26. The van der Waals surface area contributed by atoms with Crippen LogP contribution < -0.4 is 10.6 Å². The highest BCUT2D eigenvalue weighted by Crippen LogP contribution is 2.17. The number of hydrogen-bond donors (Lipinski definition) is 2. The van der Waals surface area contributed by atoms with Gasteiger partial charge in [0.05, 0.1) is 12.2 Å². The topological polar surface area (TPSA) is 65.7 Å². The van der Waals surface area contributed by atoms with Crippen molar-refractivity contribution >= 4 is 5.96 Å². The number of nitrogens with one attached hydrogen (secondary N) is 2. The molecule has 1 aliphatic rings. The first-order valence-corrected chi connectivity index (χ1v) is 9.02. The zero-order chi connectivity index (χ0) is 17.3. The Hall–Kier alpha value is -2.34. The molecule has 0 bridgehead atoms. The van der Waals surface area contributed by atoms with Crippen molar-refractivity contribution in [3.63, 3.8) is 0 Å². The number of rotatable bonds is 6. The third-order valence-corrected chi connectivity index (χ3v) is 4.40. The number of aliphatic imine (C=N–C) groups is 1. The number of aromatic nitrogens is 1. The lowest BCUT2D eigenvalue weighted by Crippen LogP contribution is -2.42. The summed E-state index contributed by atoms with van der Waals surface area (Å²) < 4.78 is 5.56. The number of oxazole rings is 1. The van der Waals surface area contributed by atoms with Gasteiger partial charge in [-0.3, -0.25) is 4.99 Å². The first-order chi connectivity index (χ1) is 12.3. The molecular weight excluding hydrogens is 314 g/mol. The molecule has 3 rings (SSSR count). The third kappa shape index (κ3) is 5.32. The van der Waals surface area contributed by atoms with Crippen molar-refractivity contribution < 1.29 is 4.42 Å². The van der Waals surface area contributed by atoms with Gasteiger partial charge in [0, 0.05) is 25.7 Å². The number of benzene rings is 1. The highest BCUT2D eigenvalue weighted by Gasteiger charge is 2.10. The molecule has 6 heteroatoms. The summed E-state index contributed by atoms with van der Waals surface area (Å²) in [6.07, 6.45) is 5.71. The Bertz CT molecular complexity index is 661. The molecule has 1 fully saturated rings. The lowest BCUT2D eigenvalue weighted by atomic mass is 10.1. The summed E-state index contributed by atoms with van der Waals surface area (Å²) in [5.41, 5.74) is 1.84. The van der Waals surface area contributed by atoms with E-state index in [1.807, 2.05) is 30.3 Å². The Morgan fingerprint density at radius 1 is 1.16 bits per heavy atom. The van der Waals surface area contributed by atoms with Crippen LogP contribution in [0.3, 0.4) is 0 Å². The third-order valence-electron chi connectivity index (χ3n) is 4.40. The number of hydrogen-bond acceptors (Lipinski definition) is 4. The van der Waals surface area contributed by atoms with Crippen molar-refractivity contribution in [2.45, 2.75) is 25.8 Å². The second kappa shape index (κ2) is 9.22. The van der Waals surface area contributed by atoms with Gasteiger partial charge in [-0.15, -0.1) is 0 Å².